The number of hydrogen-bond acceptors (Lipinski definition) is 4. The normalized spacial score (nSPS) is 17.6. The Bertz CT molecular complexity index is 597. The van der Waals surface area contributed by atoms with Crippen LogP contribution in [-0.2, 0) is 17.8 Å². The number of rotatable bonds is 7. The molecule has 0 N–H and O–H groups in total. The van der Waals surface area contributed by atoms with Crippen molar-refractivity contribution in [2.24, 2.45) is 0 Å². The van der Waals surface area contributed by atoms with E-state index in [0.717, 1.165) is 50.5 Å². The molecular formula is C19H24N2O2. The van der Waals surface area contributed by atoms with Gasteiger partial charge in [0.25, 0.3) is 0 Å². The summed E-state index contributed by atoms with van der Waals surface area (Å²) < 4.78 is 11.3. The second-order valence-electron chi connectivity index (χ2n) is 5.94. The molecular weight excluding hydrogens is 288 g/mol. The standard InChI is InChI=1S/C19H24N2O2/c1-22-19-10-3-2-7-16(19)13-21(15-18-9-6-12-23-18)14-17-8-4-5-11-20-17/h2-5,7-8,10-11,18H,6,9,12-15H2,1H3. The molecule has 1 aromatic carbocycles. The van der Waals surface area contributed by atoms with Gasteiger partial charge in [-0.2, -0.15) is 0 Å². The highest BCUT2D eigenvalue weighted by molar-refractivity contribution is 5.33. The van der Waals surface area contributed by atoms with Crippen LogP contribution in [-0.4, -0.2) is 36.2 Å². The largest absolute Gasteiger partial charge is 0.496 e. The maximum absolute atomic E-state index is 5.82. The van der Waals surface area contributed by atoms with Gasteiger partial charge in [-0.15, -0.1) is 0 Å². The molecule has 1 unspecified atom stereocenters. The van der Waals surface area contributed by atoms with Crippen molar-refractivity contribution in [2.75, 3.05) is 20.3 Å². The van der Waals surface area contributed by atoms with Crippen LogP contribution in [0.1, 0.15) is 24.1 Å². The predicted octanol–water partition coefficient (Wildman–Crippen LogP) is 3.27. The van der Waals surface area contributed by atoms with E-state index >= 15 is 0 Å². The summed E-state index contributed by atoms with van der Waals surface area (Å²) >= 11 is 0. The second-order valence-corrected chi connectivity index (χ2v) is 5.94. The van der Waals surface area contributed by atoms with E-state index in [9.17, 15) is 0 Å². The fraction of sp³-hybridized carbons (Fsp3) is 0.421. The van der Waals surface area contributed by atoms with Crippen molar-refractivity contribution in [2.45, 2.75) is 32.0 Å². The average Bonchev–Trinajstić information content (AvgIpc) is 3.09. The molecule has 3 rings (SSSR count). The maximum atomic E-state index is 5.82. The summed E-state index contributed by atoms with van der Waals surface area (Å²) in [5.74, 6) is 0.936. The molecule has 4 heteroatoms. The van der Waals surface area contributed by atoms with Crippen LogP contribution in [0.5, 0.6) is 5.75 Å². The third-order valence-electron chi connectivity index (χ3n) is 4.18. The van der Waals surface area contributed by atoms with E-state index in [1.54, 1.807) is 7.11 Å². The molecule has 2 heterocycles. The van der Waals surface area contributed by atoms with Crippen molar-refractivity contribution < 1.29 is 9.47 Å². The lowest BCUT2D eigenvalue weighted by atomic mass is 10.1. The lowest BCUT2D eigenvalue weighted by molar-refractivity contribution is 0.0672. The highest BCUT2D eigenvalue weighted by atomic mass is 16.5. The number of para-hydroxylation sites is 1. The van der Waals surface area contributed by atoms with Crippen LogP contribution < -0.4 is 4.74 Å². The van der Waals surface area contributed by atoms with Gasteiger partial charge >= 0.3 is 0 Å². The molecule has 0 aliphatic carbocycles. The van der Waals surface area contributed by atoms with Crippen LogP contribution in [0.2, 0.25) is 0 Å². The van der Waals surface area contributed by atoms with Crippen LogP contribution >= 0.6 is 0 Å². The number of hydrogen-bond donors (Lipinski definition) is 0. The van der Waals surface area contributed by atoms with Crippen LogP contribution in [0, 0.1) is 0 Å². The van der Waals surface area contributed by atoms with E-state index in [2.05, 4.69) is 28.1 Å². The van der Waals surface area contributed by atoms with Gasteiger partial charge in [0.15, 0.2) is 0 Å². The molecule has 1 aliphatic heterocycles. The van der Waals surface area contributed by atoms with E-state index < -0.39 is 0 Å². The Kier molecular flexibility index (Phi) is 5.61. The smallest absolute Gasteiger partial charge is 0.123 e. The van der Waals surface area contributed by atoms with Crippen LogP contribution in [0.25, 0.3) is 0 Å². The molecule has 1 fully saturated rings. The minimum atomic E-state index is 0.327. The summed E-state index contributed by atoms with van der Waals surface area (Å²) in [6.07, 6.45) is 4.48. The molecule has 23 heavy (non-hydrogen) atoms. The summed E-state index contributed by atoms with van der Waals surface area (Å²) in [5, 5.41) is 0. The number of pyridine rings is 1. The molecule has 1 saturated heterocycles. The first kappa shape index (κ1) is 16.0. The highest BCUT2D eigenvalue weighted by Gasteiger charge is 2.20. The van der Waals surface area contributed by atoms with Crippen LogP contribution in [0.15, 0.2) is 48.7 Å². The lowest BCUT2D eigenvalue weighted by Crippen LogP contribution is -2.31. The Morgan fingerprint density at radius 3 is 2.78 bits per heavy atom. The molecule has 122 valence electrons. The first-order valence-corrected chi connectivity index (χ1v) is 8.21. The topological polar surface area (TPSA) is 34.6 Å². The number of benzene rings is 1. The number of ether oxygens (including phenoxy) is 2. The molecule has 0 radical (unpaired) electrons. The fourth-order valence-electron chi connectivity index (χ4n) is 3.06. The van der Waals surface area contributed by atoms with E-state index in [1.165, 1.54) is 5.56 Å². The highest BCUT2D eigenvalue weighted by Crippen LogP contribution is 2.22. The van der Waals surface area contributed by atoms with Gasteiger partial charge in [0.1, 0.15) is 5.75 Å². The molecule has 0 saturated carbocycles. The van der Waals surface area contributed by atoms with Gasteiger partial charge in [0, 0.05) is 38.0 Å². The Morgan fingerprint density at radius 1 is 1.17 bits per heavy atom. The number of nitrogens with zero attached hydrogens (tertiary/aromatic N) is 2. The molecule has 0 spiro atoms. The zero-order chi connectivity index (χ0) is 15.9. The Balaban J connectivity index is 1.73. The van der Waals surface area contributed by atoms with E-state index in [1.807, 2.05) is 30.5 Å². The van der Waals surface area contributed by atoms with Gasteiger partial charge in [-0.25, -0.2) is 0 Å². The summed E-state index contributed by atoms with van der Waals surface area (Å²) in [7, 11) is 1.72. The van der Waals surface area contributed by atoms with Gasteiger partial charge in [0.05, 0.1) is 18.9 Å². The lowest BCUT2D eigenvalue weighted by Gasteiger charge is -2.25. The van der Waals surface area contributed by atoms with Gasteiger partial charge < -0.3 is 9.47 Å². The molecule has 1 aliphatic rings. The molecule has 2 aromatic rings. The Morgan fingerprint density at radius 2 is 2.04 bits per heavy atom. The summed E-state index contributed by atoms with van der Waals surface area (Å²) in [4.78, 5) is 6.86. The third-order valence-corrected chi connectivity index (χ3v) is 4.18. The van der Waals surface area contributed by atoms with Gasteiger partial charge in [-0.3, -0.25) is 9.88 Å². The monoisotopic (exact) mass is 312 g/mol. The van der Waals surface area contributed by atoms with Gasteiger partial charge in [-0.1, -0.05) is 24.3 Å². The van der Waals surface area contributed by atoms with Crippen molar-refractivity contribution in [3.8, 4) is 5.75 Å². The van der Waals surface area contributed by atoms with Crippen LogP contribution in [0.3, 0.4) is 0 Å². The molecule has 1 atom stereocenters. The predicted molar refractivity (Wildman–Crippen MR) is 90.3 cm³/mol. The first-order valence-electron chi connectivity index (χ1n) is 8.21. The minimum Gasteiger partial charge on any atom is -0.496 e. The van der Waals surface area contributed by atoms with E-state index in [-0.39, 0.29) is 0 Å². The fourth-order valence-corrected chi connectivity index (χ4v) is 3.06. The molecule has 1 aromatic heterocycles. The Labute approximate surface area is 138 Å². The molecule has 0 amide bonds. The molecule has 0 bridgehead atoms. The van der Waals surface area contributed by atoms with Crippen molar-refractivity contribution in [3.63, 3.8) is 0 Å². The zero-order valence-corrected chi connectivity index (χ0v) is 13.6. The van der Waals surface area contributed by atoms with E-state index in [4.69, 9.17) is 9.47 Å². The quantitative estimate of drug-likeness (QED) is 0.786. The third kappa shape index (κ3) is 4.53. The second kappa shape index (κ2) is 8.09. The summed E-state index contributed by atoms with van der Waals surface area (Å²) in [6, 6.07) is 14.3. The van der Waals surface area contributed by atoms with Crippen molar-refractivity contribution >= 4 is 0 Å². The summed E-state index contributed by atoms with van der Waals surface area (Å²) in [6.45, 7) is 3.46. The number of methoxy groups -OCH3 is 1. The van der Waals surface area contributed by atoms with Crippen molar-refractivity contribution in [1.82, 2.24) is 9.88 Å². The minimum absolute atomic E-state index is 0.327. The zero-order valence-electron chi connectivity index (χ0n) is 13.6. The number of aromatic nitrogens is 1. The molecule has 4 nitrogen and oxygen atoms in total. The van der Waals surface area contributed by atoms with Gasteiger partial charge in [0.2, 0.25) is 0 Å². The SMILES string of the molecule is COc1ccccc1CN(Cc1ccccn1)CC1CCCO1. The van der Waals surface area contributed by atoms with Crippen molar-refractivity contribution in [1.29, 1.82) is 0 Å². The van der Waals surface area contributed by atoms with E-state index in [0.29, 0.717) is 6.10 Å². The van der Waals surface area contributed by atoms with Gasteiger partial charge in [-0.05, 0) is 31.0 Å². The first-order chi connectivity index (χ1) is 11.3. The average molecular weight is 312 g/mol. The van der Waals surface area contributed by atoms with Crippen LogP contribution in [0.4, 0.5) is 0 Å². The van der Waals surface area contributed by atoms with Crippen molar-refractivity contribution in [3.05, 3.63) is 59.9 Å². The summed E-state index contributed by atoms with van der Waals surface area (Å²) in [5.41, 5.74) is 2.28. The Hall–Kier alpha value is -1.91. The maximum Gasteiger partial charge on any atom is 0.123 e.